The zero-order valence-electron chi connectivity index (χ0n) is 15.3. The molecule has 142 valence electrons. The molecule has 6 nitrogen and oxygen atoms in total. The van der Waals surface area contributed by atoms with Gasteiger partial charge in [0, 0.05) is 52.1 Å². The molecular formula is C18H23BrN2O4S. The van der Waals surface area contributed by atoms with Gasteiger partial charge >= 0.3 is 0 Å². The molecule has 2 aromatic rings. The fraction of sp³-hybridized carbons (Fsp3) is 0.389. The summed E-state index contributed by atoms with van der Waals surface area (Å²) in [6.45, 7) is 1.47. The molecule has 1 aromatic carbocycles. The summed E-state index contributed by atoms with van der Waals surface area (Å²) in [6.07, 6.45) is 0.389. The van der Waals surface area contributed by atoms with Gasteiger partial charge in [0.2, 0.25) is 11.7 Å². The van der Waals surface area contributed by atoms with Gasteiger partial charge in [0.1, 0.15) is 0 Å². The van der Waals surface area contributed by atoms with E-state index in [0.29, 0.717) is 35.9 Å². The average molecular weight is 443 g/mol. The van der Waals surface area contributed by atoms with Crippen molar-refractivity contribution in [2.45, 2.75) is 13.0 Å². The molecule has 1 aromatic heterocycles. The molecule has 0 unspecified atom stereocenters. The minimum absolute atomic E-state index is 0.0708. The highest BCUT2D eigenvalue weighted by atomic mass is 79.9. The molecule has 26 heavy (non-hydrogen) atoms. The standard InChI is InChI=1S/C18H23BrN2O4S/c1-21(10-14-7-12(19)11-26-14)6-5-17(22)20-13-8-15(23-2)18(25-4)16(9-13)24-3/h7-9,11H,5-6,10H2,1-4H3,(H,20,22). The lowest BCUT2D eigenvalue weighted by molar-refractivity contribution is -0.116. The van der Waals surface area contributed by atoms with Crippen LogP contribution in [0.4, 0.5) is 5.69 Å². The van der Waals surface area contributed by atoms with Crippen LogP contribution in [0.2, 0.25) is 0 Å². The van der Waals surface area contributed by atoms with Gasteiger partial charge < -0.3 is 24.4 Å². The van der Waals surface area contributed by atoms with E-state index in [0.717, 1.165) is 11.0 Å². The van der Waals surface area contributed by atoms with Crippen LogP contribution in [-0.4, -0.2) is 45.7 Å². The Labute approximate surface area is 166 Å². The monoisotopic (exact) mass is 442 g/mol. The van der Waals surface area contributed by atoms with Crippen LogP contribution in [-0.2, 0) is 11.3 Å². The Bertz CT molecular complexity index is 726. The van der Waals surface area contributed by atoms with E-state index in [4.69, 9.17) is 14.2 Å². The van der Waals surface area contributed by atoms with Crippen LogP contribution >= 0.6 is 27.3 Å². The highest BCUT2D eigenvalue weighted by Crippen LogP contribution is 2.39. The van der Waals surface area contributed by atoms with Gasteiger partial charge in [-0.25, -0.2) is 0 Å². The second-order valence-corrected chi connectivity index (χ2v) is 7.59. The summed E-state index contributed by atoms with van der Waals surface area (Å²) in [5.41, 5.74) is 0.606. The van der Waals surface area contributed by atoms with Gasteiger partial charge in [-0.3, -0.25) is 4.79 Å². The predicted molar refractivity (Wildman–Crippen MR) is 108 cm³/mol. The molecule has 0 bridgehead atoms. The van der Waals surface area contributed by atoms with E-state index in [9.17, 15) is 4.79 Å². The molecule has 0 aliphatic rings. The number of methoxy groups -OCH3 is 3. The first-order valence-corrected chi connectivity index (χ1v) is 9.65. The van der Waals surface area contributed by atoms with Gasteiger partial charge in [0.05, 0.1) is 21.3 Å². The molecule has 1 N–H and O–H groups in total. The van der Waals surface area contributed by atoms with Crippen molar-refractivity contribution in [2.24, 2.45) is 0 Å². The first-order valence-electron chi connectivity index (χ1n) is 7.98. The Kier molecular flexibility index (Phi) is 7.74. The molecule has 8 heteroatoms. The summed E-state index contributed by atoms with van der Waals surface area (Å²) in [5.74, 6) is 1.43. The summed E-state index contributed by atoms with van der Waals surface area (Å²) in [4.78, 5) is 15.6. The smallest absolute Gasteiger partial charge is 0.225 e. The van der Waals surface area contributed by atoms with Crippen LogP contribution in [0.3, 0.4) is 0 Å². The number of hydrogen-bond donors (Lipinski definition) is 1. The van der Waals surface area contributed by atoms with Crippen LogP contribution in [0.15, 0.2) is 28.1 Å². The van der Waals surface area contributed by atoms with Gasteiger partial charge in [-0.15, -0.1) is 11.3 Å². The van der Waals surface area contributed by atoms with Crippen LogP contribution in [0.1, 0.15) is 11.3 Å². The first kappa shape index (κ1) is 20.5. The molecule has 0 saturated carbocycles. The Morgan fingerprint density at radius 1 is 1.15 bits per heavy atom. The summed E-state index contributed by atoms with van der Waals surface area (Å²) in [7, 11) is 6.63. The number of carbonyl (C=O) groups excluding carboxylic acids is 1. The largest absolute Gasteiger partial charge is 0.493 e. The number of rotatable bonds is 9. The van der Waals surface area contributed by atoms with E-state index < -0.39 is 0 Å². The molecule has 1 heterocycles. The highest BCUT2D eigenvalue weighted by Gasteiger charge is 2.15. The summed E-state index contributed by atoms with van der Waals surface area (Å²) >= 11 is 5.15. The van der Waals surface area contributed by atoms with Crippen molar-refractivity contribution in [1.82, 2.24) is 4.90 Å². The highest BCUT2D eigenvalue weighted by molar-refractivity contribution is 9.10. The van der Waals surface area contributed by atoms with Crippen LogP contribution < -0.4 is 19.5 Å². The molecule has 0 aliphatic carbocycles. The van der Waals surface area contributed by atoms with E-state index in [2.05, 4.69) is 37.6 Å². The lowest BCUT2D eigenvalue weighted by Gasteiger charge is -2.16. The normalized spacial score (nSPS) is 10.7. The molecule has 0 radical (unpaired) electrons. The van der Waals surface area contributed by atoms with Crippen molar-refractivity contribution >= 4 is 38.9 Å². The Hall–Kier alpha value is -1.77. The molecule has 0 saturated heterocycles. The van der Waals surface area contributed by atoms with Gasteiger partial charge in [-0.2, -0.15) is 0 Å². The van der Waals surface area contributed by atoms with E-state index in [-0.39, 0.29) is 5.91 Å². The number of carbonyl (C=O) groups is 1. The molecule has 0 fully saturated rings. The lowest BCUT2D eigenvalue weighted by Crippen LogP contribution is -2.23. The maximum absolute atomic E-state index is 12.3. The van der Waals surface area contributed by atoms with Gasteiger partial charge in [0.25, 0.3) is 0 Å². The summed E-state index contributed by atoms with van der Waals surface area (Å²) in [5, 5.41) is 4.94. The molecular weight excluding hydrogens is 420 g/mol. The van der Waals surface area contributed by atoms with Crippen LogP contribution in [0.5, 0.6) is 17.2 Å². The number of benzene rings is 1. The van der Waals surface area contributed by atoms with Crippen molar-refractivity contribution in [2.75, 3.05) is 40.2 Å². The topological polar surface area (TPSA) is 60.0 Å². The Morgan fingerprint density at radius 2 is 1.81 bits per heavy atom. The zero-order valence-corrected chi connectivity index (χ0v) is 17.7. The van der Waals surface area contributed by atoms with Crippen LogP contribution in [0, 0.1) is 0 Å². The van der Waals surface area contributed by atoms with Gasteiger partial charge in [0.15, 0.2) is 11.5 Å². The van der Waals surface area contributed by atoms with Gasteiger partial charge in [-0.05, 0) is 29.0 Å². The Morgan fingerprint density at radius 3 is 2.31 bits per heavy atom. The van der Waals surface area contributed by atoms with Crippen molar-refractivity contribution in [3.63, 3.8) is 0 Å². The molecule has 0 atom stereocenters. The zero-order chi connectivity index (χ0) is 19.1. The number of amides is 1. The summed E-state index contributed by atoms with van der Waals surface area (Å²) in [6, 6.07) is 5.52. The number of thiophene rings is 1. The fourth-order valence-electron chi connectivity index (χ4n) is 2.45. The third kappa shape index (κ3) is 5.62. The quantitative estimate of drug-likeness (QED) is 0.635. The average Bonchev–Trinajstić information content (AvgIpc) is 3.03. The van der Waals surface area contributed by atoms with E-state index in [1.54, 1.807) is 44.8 Å². The molecule has 0 spiro atoms. The van der Waals surface area contributed by atoms with Crippen LogP contribution in [0.25, 0.3) is 0 Å². The maximum Gasteiger partial charge on any atom is 0.225 e. The SMILES string of the molecule is COc1cc(NC(=O)CCN(C)Cc2cc(Br)cs2)cc(OC)c1OC. The number of hydrogen-bond acceptors (Lipinski definition) is 6. The maximum atomic E-state index is 12.3. The van der Waals surface area contributed by atoms with E-state index in [1.165, 1.54) is 4.88 Å². The second-order valence-electron chi connectivity index (χ2n) is 5.68. The number of nitrogens with zero attached hydrogens (tertiary/aromatic N) is 1. The third-order valence-corrected chi connectivity index (χ3v) is 5.40. The molecule has 0 aliphatic heterocycles. The minimum atomic E-state index is -0.0708. The van der Waals surface area contributed by atoms with Crippen molar-refractivity contribution in [3.05, 3.63) is 32.9 Å². The third-order valence-electron chi connectivity index (χ3n) is 3.72. The van der Waals surface area contributed by atoms with Crippen molar-refractivity contribution in [3.8, 4) is 17.2 Å². The van der Waals surface area contributed by atoms with E-state index >= 15 is 0 Å². The van der Waals surface area contributed by atoms with Gasteiger partial charge in [-0.1, -0.05) is 0 Å². The molecule has 2 rings (SSSR count). The number of ether oxygens (including phenoxy) is 3. The number of halogens is 1. The van der Waals surface area contributed by atoms with E-state index in [1.807, 2.05) is 7.05 Å². The lowest BCUT2D eigenvalue weighted by atomic mass is 10.2. The fourth-order valence-corrected chi connectivity index (χ4v) is 3.98. The predicted octanol–water partition coefficient (Wildman–Crippen LogP) is 4.00. The summed E-state index contributed by atoms with van der Waals surface area (Å²) < 4.78 is 17.0. The molecule has 1 amide bonds. The minimum Gasteiger partial charge on any atom is -0.493 e. The second kappa shape index (κ2) is 9.80. The number of nitrogens with one attached hydrogen (secondary N) is 1. The van der Waals surface area contributed by atoms with Crippen molar-refractivity contribution < 1.29 is 19.0 Å². The Balaban J connectivity index is 1.92. The number of anilines is 1. The van der Waals surface area contributed by atoms with Crippen molar-refractivity contribution in [1.29, 1.82) is 0 Å². The first-order chi connectivity index (χ1) is 12.5.